The number of halogens is 2. The van der Waals surface area contributed by atoms with E-state index in [4.69, 9.17) is 11.6 Å². The monoisotopic (exact) mass is 537 g/mol. The van der Waals surface area contributed by atoms with E-state index in [0.29, 0.717) is 11.2 Å². The Morgan fingerprint density at radius 1 is 1.24 bits per heavy atom. The Kier molecular flexibility index (Phi) is 5.90. The minimum atomic E-state index is -1.53. The number of carbonyl (C=O) groups is 1. The molecule has 4 heterocycles. The van der Waals surface area contributed by atoms with Crippen LogP contribution in [0.25, 0.3) is 28.0 Å². The molecule has 38 heavy (non-hydrogen) atoms. The summed E-state index contributed by atoms with van der Waals surface area (Å²) in [4.78, 5) is 14.7. The molecule has 0 saturated heterocycles. The zero-order valence-corrected chi connectivity index (χ0v) is 20.7. The number of rotatable bonds is 7. The van der Waals surface area contributed by atoms with E-state index in [-0.39, 0.29) is 40.2 Å². The van der Waals surface area contributed by atoms with Crippen molar-refractivity contribution in [2.45, 2.75) is 38.6 Å². The third-order valence-electron chi connectivity index (χ3n) is 6.22. The molecule has 0 spiro atoms. The maximum Gasteiger partial charge on any atom is 0.259 e. The van der Waals surface area contributed by atoms with Crippen LogP contribution in [0, 0.1) is 12.7 Å². The van der Waals surface area contributed by atoms with Gasteiger partial charge in [0.2, 0.25) is 5.82 Å². The molecule has 0 atom stereocenters. The number of amides is 1. The molecule has 1 aliphatic rings. The molecule has 0 radical (unpaired) electrons. The first-order valence-electron chi connectivity index (χ1n) is 11.7. The molecule has 4 aromatic heterocycles. The molecule has 6 rings (SSSR count). The van der Waals surface area contributed by atoms with E-state index in [2.05, 4.69) is 30.9 Å². The van der Waals surface area contributed by atoms with E-state index >= 15 is 0 Å². The molecule has 14 heteroatoms. The molecule has 1 amide bonds. The SMILES string of the molecule is Cc1nn(CC(O)O)cc1-c1ccn2ncc(C(=O)Nc3cc(-c4nnn(C5CC5)n4)c(F)cc3Cl)c2c1. The number of aryl methyl sites for hydroxylation is 1. The molecule has 12 nitrogen and oxygen atoms in total. The van der Waals surface area contributed by atoms with E-state index in [9.17, 15) is 19.4 Å². The largest absolute Gasteiger partial charge is 0.367 e. The minimum absolute atomic E-state index is 0.0143. The number of nitrogens with one attached hydrogen (secondary N) is 1. The Balaban J connectivity index is 1.30. The van der Waals surface area contributed by atoms with Crippen LogP contribution in [0.2, 0.25) is 5.02 Å². The van der Waals surface area contributed by atoms with Crippen LogP contribution < -0.4 is 5.32 Å². The van der Waals surface area contributed by atoms with Gasteiger partial charge in [-0.05, 0) is 54.8 Å². The van der Waals surface area contributed by atoms with Gasteiger partial charge in [-0.25, -0.2) is 8.91 Å². The minimum Gasteiger partial charge on any atom is -0.367 e. The average Bonchev–Trinajstić information content (AvgIpc) is 3.28. The van der Waals surface area contributed by atoms with E-state index in [0.717, 1.165) is 30.0 Å². The van der Waals surface area contributed by atoms with E-state index in [1.807, 2.05) is 6.07 Å². The lowest BCUT2D eigenvalue weighted by molar-refractivity contribution is -0.0535. The van der Waals surface area contributed by atoms with E-state index in [1.165, 1.54) is 21.7 Å². The van der Waals surface area contributed by atoms with Gasteiger partial charge >= 0.3 is 0 Å². The van der Waals surface area contributed by atoms with Gasteiger partial charge in [0.05, 0.1) is 51.8 Å². The van der Waals surface area contributed by atoms with Crippen molar-refractivity contribution in [3.8, 4) is 22.5 Å². The third-order valence-corrected chi connectivity index (χ3v) is 6.53. The first kappa shape index (κ1) is 24.2. The molecule has 0 unspecified atom stereocenters. The number of pyridine rings is 1. The summed E-state index contributed by atoms with van der Waals surface area (Å²) in [5.41, 5.74) is 3.24. The summed E-state index contributed by atoms with van der Waals surface area (Å²) < 4.78 is 17.7. The number of nitrogens with zero attached hydrogens (tertiary/aromatic N) is 8. The number of anilines is 1. The number of benzene rings is 1. The van der Waals surface area contributed by atoms with Gasteiger partial charge in [-0.15, -0.1) is 10.2 Å². The summed E-state index contributed by atoms with van der Waals surface area (Å²) in [6, 6.07) is 6.27. The molecular weight excluding hydrogens is 517 g/mol. The van der Waals surface area contributed by atoms with Crippen LogP contribution in [0.3, 0.4) is 0 Å². The van der Waals surface area contributed by atoms with Gasteiger partial charge in [0.15, 0.2) is 6.29 Å². The number of aliphatic hydroxyl groups excluding tert-OH is 1. The quantitative estimate of drug-likeness (QED) is 0.268. The number of hydrogen-bond donors (Lipinski definition) is 3. The second-order valence-corrected chi connectivity index (χ2v) is 9.47. The van der Waals surface area contributed by atoms with Gasteiger partial charge in [0.1, 0.15) is 5.82 Å². The maximum absolute atomic E-state index is 14.7. The van der Waals surface area contributed by atoms with Crippen LogP contribution in [0.1, 0.15) is 34.9 Å². The van der Waals surface area contributed by atoms with Crippen molar-refractivity contribution in [2.24, 2.45) is 0 Å². The highest BCUT2D eigenvalue weighted by Crippen LogP contribution is 2.35. The predicted molar refractivity (Wildman–Crippen MR) is 134 cm³/mol. The van der Waals surface area contributed by atoms with Crippen LogP contribution in [0.4, 0.5) is 10.1 Å². The summed E-state index contributed by atoms with van der Waals surface area (Å²) >= 11 is 6.26. The molecule has 3 N–H and O–H groups in total. The van der Waals surface area contributed by atoms with Crippen LogP contribution in [-0.2, 0) is 6.54 Å². The molecule has 5 aromatic rings. The number of tetrazole rings is 1. The lowest BCUT2D eigenvalue weighted by atomic mass is 10.1. The van der Waals surface area contributed by atoms with Crippen LogP contribution >= 0.6 is 11.6 Å². The topological polar surface area (TPSA) is 148 Å². The van der Waals surface area contributed by atoms with E-state index in [1.54, 1.807) is 29.9 Å². The molecule has 1 saturated carbocycles. The Morgan fingerprint density at radius 2 is 2.05 bits per heavy atom. The van der Waals surface area contributed by atoms with Gasteiger partial charge in [-0.2, -0.15) is 15.0 Å². The van der Waals surface area contributed by atoms with Crippen molar-refractivity contribution >= 4 is 28.7 Å². The highest BCUT2D eigenvalue weighted by molar-refractivity contribution is 6.34. The predicted octanol–water partition coefficient (Wildman–Crippen LogP) is 2.85. The van der Waals surface area contributed by atoms with Crippen molar-refractivity contribution in [1.29, 1.82) is 0 Å². The van der Waals surface area contributed by atoms with Crippen molar-refractivity contribution < 1.29 is 19.4 Å². The second-order valence-electron chi connectivity index (χ2n) is 9.06. The number of hydrogen-bond acceptors (Lipinski definition) is 8. The zero-order valence-electron chi connectivity index (χ0n) is 20.0. The highest BCUT2D eigenvalue weighted by atomic mass is 35.5. The van der Waals surface area contributed by atoms with Gasteiger partial charge in [0, 0.05) is 18.0 Å². The normalized spacial score (nSPS) is 13.5. The van der Waals surface area contributed by atoms with Crippen molar-refractivity contribution in [3.05, 3.63) is 65.0 Å². The fourth-order valence-corrected chi connectivity index (χ4v) is 4.38. The first-order valence-corrected chi connectivity index (χ1v) is 12.1. The summed E-state index contributed by atoms with van der Waals surface area (Å²) in [5.74, 6) is -1.03. The number of aliphatic hydroxyl groups is 2. The van der Waals surface area contributed by atoms with Crippen molar-refractivity contribution in [3.63, 3.8) is 0 Å². The summed E-state index contributed by atoms with van der Waals surface area (Å²) in [7, 11) is 0. The summed E-state index contributed by atoms with van der Waals surface area (Å²) in [5, 5.41) is 42.0. The summed E-state index contributed by atoms with van der Waals surface area (Å²) in [6.45, 7) is 1.73. The molecule has 0 bridgehead atoms. The maximum atomic E-state index is 14.7. The molecule has 1 aliphatic carbocycles. The van der Waals surface area contributed by atoms with Crippen LogP contribution in [0.5, 0.6) is 0 Å². The molecule has 1 fully saturated rings. The van der Waals surface area contributed by atoms with Gasteiger partial charge in [-0.1, -0.05) is 11.6 Å². The van der Waals surface area contributed by atoms with Crippen LogP contribution in [-0.4, -0.2) is 62.0 Å². The first-order chi connectivity index (χ1) is 18.3. The third kappa shape index (κ3) is 4.51. The summed E-state index contributed by atoms with van der Waals surface area (Å²) in [6.07, 6.45) is 5.20. The molecule has 1 aromatic carbocycles. The zero-order chi connectivity index (χ0) is 26.6. The van der Waals surface area contributed by atoms with E-state index < -0.39 is 18.0 Å². The molecule has 194 valence electrons. The number of carbonyl (C=O) groups excluding carboxylic acids is 1. The Bertz CT molecular complexity index is 1690. The smallest absolute Gasteiger partial charge is 0.259 e. The average molecular weight is 538 g/mol. The fraction of sp³-hybridized carbons (Fsp3) is 0.250. The Morgan fingerprint density at radius 3 is 2.82 bits per heavy atom. The van der Waals surface area contributed by atoms with Crippen LogP contribution in [0.15, 0.2) is 42.9 Å². The lowest BCUT2D eigenvalue weighted by Gasteiger charge is -2.09. The Labute approximate surface area is 219 Å². The van der Waals surface area contributed by atoms with Gasteiger partial charge in [0.25, 0.3) is 5.91 Å². The van der Waals surface area contributed by atoms with Gasteiger partial charge in [-0.3, -0.25) is 9.48 Å². The standard InChI is InChI=1S/C24H21ClFN9O3/c1-12-17(10-33(30-12)11-22(36)37)13-4-5-34-21(6-13)16(9-27-34)24(38)28-20-7-15(19(26)8-18(20)25)23-29-32-35(31-23)14-2-3-14/h4-10,14,22,36-37H,2-3,11H2,1H3,(H,28,38). The Hall–Kier alpha value is -4.20. The second kappa shape index (κ2) is 9.28. The van der Waals surface area contributed by atoms with Crippen molar-refractivity contribution in [2.75, 3.05) is 5.32 Å². The van der Waals surface area contributed by atoms with Crippen molar-refractivity contribution in [1.82, 2.24) is 39.6 Å². The number of aromatic nitrogens is 8. The number of fused-ring (bicyclic) bond motifs is 1. The molecule has 0 aliphatic heterocycles. The lowest BCUT2D eigenvalue weighted by Crippen LogP contribution is -2.14. The fourth-order valence-electron chi connectivity index (χ4n) is 4.18. The molecular formula is C24H21ClFN9O3. The highest BCUT2D eigenvalue weighted by Gasteiger charge is 2.27. The van der Waals surface area contributed by atoms with Gasteiger partial charge < -0.3 is 15.5 Å².